The van der Waals surface area contributed by atoms with Gasteiger partial charge in [-0.25, -0.2) is 9.97 Å². The fourth-order valence-electron chi connectivity index (χ4n) is 3.67. The second-order valence-corrected chi connectivity index (χ2v) is 8.89. The average molecular weight is 438 g/mol. The number of thiazole rings is 1. The number of fused-ring (bicyclic) bond motifs is 1. The minimum atomic E-state index is -0.132. The van der Waals surface area contributed by atoms with Gasteiger partial charge in [0.2, 0.25) is 5.91 Å². The van der Waals surface area contributed by atoms with Gasteiger partial charge in [0.1, 0.15) is 0 Å². The molecule has 0 saturated carbocycles. The maximum atomic E-state index is 12.5. The van der Waals surface area contributed by atoms with Crippen LogP contribution in [0.4, 0.5) is 5.69 Å². The molecule has 1 aliphatic carbocycles. The first-order valence-corrected chi connectivity index (χ1v) is 11.6. The second kappa shape index (κ2) is 10.3. The quantitative estimate of drug-likeness (QED) is 0.501. The maximum absolute atomic E-state index is 12.5. The standard InChI is InChI=1S/C23H27N5O2S/c29-21(10-13-28-14-12-24-16-28)26-18-6-3-5-17(15-18)23(30)25-11-4-9-22-27-19-7-1-2-8-20(19)31-22/h3,5-6,12,14-16H,1-2,4,7-11,13H2,(H,25,30)(H,26,29). The van der Waals surface area contributed by atoms with Gasteiger partial charge >= 0.3 is 0 Å². The van der Waals surface area contributed by atoms with Crippen molar-refractivity contribution in [2.75, 3.05) is 11.9 Å². The number of carbonyl (C=O) groups excluding carboxylic acids is 2. The number of nitrogens with zero attached hydrogens (tertiary/aromatic N) is 3. The Balaban J connectivity index is 1.21. The van der Waals surface area contributed by atoms with E-state index in [1.54, 1.807) is 36.8 Å². The van der Waals surface area contributed by atoms with Crippen molar-refractivity contribution in [1.29, 1.82) is 0 Å². The van der Waals surface area contributed by atoms with Crippen LogP contribution in [0.1, 0.15) is 51.6 Å². The number of nitrogens with one attached hydrogen (secondary N) is 2. The number of aryl methyl sites for hydroxylation is 4. The fraction of sp³-hybridized carbons (Fsp3) is 0.391. The third-order valence-electron chi connectivity index (χ3n) is 5.31. The molecule has 0 bridgehead atoms. The van der Waals surface area contributed by atoms with Crippen LogP contribution in [0.15, 0.2) is 43.0 Å². The summed E-state index contributed by atoms with van der Waals surface area (Å²) in [5.74, 6) is -0.231. The molecule has 4 rings (SSSR count). The zero-order valence-corrected chi connectivity index (χ0v) is 18.3. The van der Waals surface area contributed by atoms with Gasteiger partial charge in [0.05, 0.1) is 17.0 Å². The Kier molecular flexibility index (Phi) is 7.09. The average Bonchev–Trinajstić information content (AvgIpc) is 3.44. The highest BCUT2D eigenvalue weighted by Gasteiger charge is 2.15. The van der Waals surface area contributed by atoms with Gasteiger partial charge in [-0.3, -0.25) is 9.59 Å². The summed E-state index contributed by atoms with van der Waals surface area (Å²) >= 11 is 1.83. The minimum absolute atomic E-state index is 0.0996. The number of imidazole rings is 1. The van der Waals surface area contributed by atoms with E-state index in [1.165, 1.54) is 34.8 Å². The van der Waals surface area contributed by atoms with Gasteiger partial charge in [-0.05, 0) is 50.3 Å². The number of anilines is 1. The second-order valence-electron chi connectivity index (χ2n) is 7.72. The fourth-order valence-corrected chi connectivity index (χ4v) is 4.87. The van der Waals surface area contributed by atoms with Crippen molar-refractivity contribution in [2.24, 2.45) is 0 Å². The molecule has 2 aromatic heterocycles. The van der Waals surface area contributed by atoms with Crippen LogP contribution in [0.2, 0.25) is 0 Å². The molecule has 2 heterocycles. The Labute approximate surface area is 185 Å². The molecule has 3 aromatic rings. The van der Waals surface area contributed by atoms with Gasteiger partial charge in [-0.2, -0.15) is 0 Å². The van der Waals surface area contributed by atoms with Crippen LogP contribution < -0.4 is 10.6 Å². The topological polar surface area (TPSA) is 88.9 Å². The van der Waals surface area contributed by atoms with E-state index in [1.807, 2.05) is 22.1 Å². The molecule has 31 heavy (non-hydrogen) atoms. The molecule has 162 valence electrons. The summed E-state index contributed by atoms with van der Waals surface area (Å²) in [6.07, 6.45) is 12.1. The predicted molar refractivity (Wildman–Crippen MR) is 121 cm³/mol. The molecule has 2 amide bonds. The summed E-state index contributed by atoms with van der Waals surface area (Å²) in [4.78, 5) is 34.8. The number of carbonyl (C=O) groups is 2. The van der Waals surface area contributed by atoms with E-state index in [0.29, 0.717) is 30.8 Å². The Morgan fingerprint density at radius 3 is 2.94 bits per heavy atom. The molecule has 1 aromatic carbocycles. The summed E-state index contributed by atoms with van der Waals surface area (Å²) in [6.45, 7) is 1.17. The van der Waals surface area contributed by atoms with Gasteiger partial charge in [-0.15, -0.1) is 11.3 Å². The van der Waals surface area contributed by atoms with Crippen molar-refractivity contribution in [3.63, 3.8) is 0 Å². The summed E-state index contributed by atoms with van der Waals surface area (Å²) in [5, 5.41) is 7.00. The van der Waals surface area contributed by atoms with Gasteiger partial charge in [0, 0.05) is 54.5 Å². The Bertz CT molecular complexity index is 1010. The lowest BCUT2D eigenvalue weighted by atomic mass is 10.0. The number of benzene rings is 1. The van der Waals surface area contributed by atoms with Gasteiger partial charge in [0.25, 0.3) is 5.91 Å². The third-order valence-corrected chi connectivity index (χ3v) is 6.52. The van der Waals surface area contributed by atoms with E-state index in [0.717, 1.165) is 19.3 Å². The first-order chi connectivity index (χ1) is 15.2. The molecule has 1 aliphatic rings. The number of aromatic nitrogens is 3. The van der Waals surface area contributed by atoms with E-state index < -0.39 is 0 Å². The smallest absolute Gasteiger partial charge is 0.251 e. The molecular weight excluding hydrogens is 410 g/mol. The van der Waals surface area contributed by atoms with Crippen LogP contribution in [0.25, 0.3) is 0 Å². The summed E-state index contributed by atoms with van der Waals surface area (Å²) in [7, 11) is 0. The van der Waals surface area contributed by atoms with Crippen molar-refractivity contribution in [2.45, 2.75) is 51.5 Å². The predicted octanol–water partition coefficient (Wildman–Crippen LogP) is 3.61. The minimum Gasteiger partial charge on any atom is -0.352 e. The molecular formula is C23H27N5O2S. The van der Waals surface area contributed by atoms with Crippen LogP contribution in [0.3, 0.4) is 0 Å². The maximum Gasteiger partial charge on any atom is 0.251 e. The first-order valence-electron chi connectivity index (χ1n) is 10.8. The van der Waals surface area contributed by atoms with Crippen LogP contribution in [0, 0.1) is 0 Å². The molecule has 0 fully saturated rings. The highest BCUT2D eigenvalue weighted by Crippen LogP contribution is 2.27. The molecule has 2 N–H and O–H groups in total. The lowest BCUT2D eigenvalue weighted by Crippen LogP contribution is -2.25. The third kappa shape index (κ3) is 6.01. The Hall–Kier alpha value is -3.00. The van der Waals surface area contributed by atoms with Crippen LogP contribution in [0.5, 0.6) is 0 Å². The van der Waals surface area contributed by atoms with E-state index in [4.69, 9.17) is 4.98 Å². The van der Waals surface area contributed by atoms with Gasteiger partial charge < -0.3 is 15.2 Å². The van der Waals surface area contributed by atoms with Gasteiger partial charge in [0.15, 0.2) is 0 Å². The summed E-state index contributed by atoms with van der Waals surface area (Å²) in [5.41, 5.74) is 2.45. The molecule has 0 radical (unpaired) electrons. The van der Waals surface area contributed by atoms with Gasteiger partial charge in [-0.1, -0.05) is 6.07 Å². The Morgan fingerprint density at radius 1 is 1.19 bits per heavy atom. The van der Waals surface area contributed by atoms with Crippen molar-refractivity contribution >= 4 is 28.8 Å². The molecule has 8 heteroatoms. The normalized spacial score (nSPS) is 12.9. The number of rotatable bonds is 9. The highest BCUT2D eigenvalue weighted by atomic mass is 32.1. The molecule has 0 spiro atoms. The number of hydrogen-bond acceptors (Lipinski definition) is 5. The van der Waals surface area contributed by atoms with E-state index >= 15 is 0 Å². The first kappa shape index (κ1) is 21.2. The van der Waals surface area contributed by atoms with E-state index in [2.05, 4.69) is 15.6 Å². The van der Waals surface area contributed by atoms with E-state index in [-0.39, 0.29) is 11.8 Å². The number of hydrogen-bond donors (Lipinski definition) is 2. The zero-order valence-electron chi connectivity index (χ0n) is 17.5. The zero-order chi connectivity index (χ0) is 21.5. The van der Waals surface area contributed by atoms with Crippen molar-refractivity contribution in [1.82, 2.24) is 19.9 Å². The molecule has 0 atom stereocenters. The molecule has 0 saturated heterocycles. The largest absolute Gasteiger partial charge is 0.352 e. The van der Waals surface area contributed by atoms with E-state index in [9.17, 15) is 9.59 Å². The van der Waals surface area contributed by atoms with Crippen molar-refractivity contribution < 1.29 is 9.59 Å². The van der Waals surface area contributed by atoms with Crippen molar-refractivity contribution in [3.05, 3.63) is 64.1 Å². The van der Waals surface area contributed by atoms with Crippen LogP contribution >= 0.6 is 11.3 Å². The van der Waals surface area contributed by atoms with Crippen LogP contribution in [-0.4, -0.2) is 32.9 Å². The van der Waals surface area contributed by atoms with Crippen LogP contribution in [-0.2, 0) is 30.6 Å². The number of amides is 2. The SMILES string of the molecule is O=C(CCn1ccnc1)Nc1cccc(C(=O)NCCCc2nc3c(s2)CCCC3)c1. The lowest BCUT2D eigenvalue weighted by Gasteiger charge is -2.08. The lowest BCUT2D eigenvalue weighted by molar-refractivity contribution is -0.116. The summed E-state index contributed by atoms with van der Waals surface area (Å²) < 4.78 is 1.85. The summed E-state index contributed by atoms with van der Waals surface area (Å²) in [6, 6.07) is 7.03. The highest BCUT2D eigenvalue weighted by molar-refractivity contribution is 7.11. The molecule has 0 aliphatic heterocycles. The van der Waals surface area contributed by atoms with Crippen molar-refractivity contribution in [3.8, 4) is 0 Å². The Morgan fingerprint density at radius 2 is 2.10 bits per heavy atom. The molecule has 7 nitrogen and oxygen atoms in total. The molecule has 0 unspecified atom stereocenters. The monoisotopic (exact) mass is 437 g/mol.